The maximum atomic E-state index is 12.6. The molecule has 1 aromatic heterocycles. The Hall–Kier alpha value is -3.09. The lowest BCUT2D eigenvalue weighted by Gasteiger charge is -2.32. The molecular weight excluding hydrogens is 358 g/mol. The highest BCUT2D eigenvalue weighted by molar-refractivity contribution is 5.93. The van der Waals surface area contributed by atoms with Crippen LogP contribution >= 0.6 is 0 Å². The number of hydrogen-bond donors (Lipinski definition) is 1. The lowest BCUT2D eigenvalue weighted by atomic mass is 9.97. The normalized spacial score (nSPS) is 16.4. The first kappa shape index (κ1) is 19.7. The van der Waals surface area contributed by atoms with Gasteiger partial charge in [-0.2, -0.15) is 0 Å². The Morgan fingerprint density at radius 2 is 2.00 bits per heavy atom. The number of carbonyl (C=O) groups excluding carboxylic acids is 2. The van der Waals surface area contributed by atoms with Gasteiger partial charge in [0.1, 0.15) is 5.82 Å². The fourth-order valence-electron chi connectivity index (χ4n) is 3.22. The molecule has 1 atom stereocenters. The van der Waals surface area contributed by atoms with Crippen molar-refractivity contribution in [3.05, 3.63) is 48.2 Å². The van der Waals surface area contributed by atoms with Gasteiger partial charge in [0.2, 0.25) is 5.91 Å². The number of hydrogen-bond acceptors (Lipinski definition) is 5. The summed E-state index contributed by atoms with van der Waals surface area (Å²) >= 11 is 0. The number of para-hydroxylation sites is 2. The fraction of sp³-hybridized carbons (Fsp3) is 0.381. The number of anilines is 1. The van der Waals surface area contributed by atoms with E-state index in [-0.39, 0.29) is 24.3 Å². The number of aryl methyl sites for hydroxylation is 1. The average molecular weight is 383 g/mol. The molecule has 1 aromatic carbocycles. The predicted octanol–water partition coefficient (Wildman–Crippen LogP) is 2.65. The van der Waals surface area contributed by atoms with Crippen LogP contribution in [0.1, 0.15) is 18.4 Å². The first-order chi connectivity index (χ1) is 13.6. The van der Waals surface area contributed by atoms with Crippen LogP contribution in [0, 0.1) is 12.8 Å². The van der Waals surface area contributed by atoms with Gasteiger partial charge in [-0.15, -0.1) is 0 Å². The van der Waals surface area contributed by atoms with Gasteiger partial charge in [0, 0.05) is 19.3 Å². The number of aromatic nitrogens is 1. The number of rotatable bonds is 6. The van der Waals surface area contributed by atoms with E-state index < -0.39 is 0 Å². The number of nitrogens with one attached hydrogen (secondary N) is 1. The summed E-state index contributed by atoms with van der Waals surface area (Å²) in [4.78, 5) is 31.1. The van der Waals surface area contributed by atoms with E-state index in [4.69, 9.17) is 9.47 Å². The number of amides is 2. The van der Waals surface area contributed by atoms with E-state index in [1.165, 1.54) is 0 Å². The zero-order chi connectivity index (χ0) is 19.9. The quantitative estimate of drug-likeness (QED) is 0.829. The van der Waals surface area contributed by atoms with E-state index >= 15 is 0 Å². The Morgan fingerprint density at radius 1 is 1.21 bits per heavy atom. The minimum atomic E-state index is -0.259. The number of benzene rings is 1. The smallest absolute Gasteiger partial charge is 0.260 e. The van der Waals surface area contributed by atoms with Gasteiger partial charge < -0.3 is 19.7 Å². The van der Waals surface area contributed by atoms with Crippen molar-refractivity contribution in [2.75, 3.05) is 32.1 Å². The largest absolute Gasteiger partial charge is 0.493 e. The Morgan fingerprint density at radius 3 is 2.75 bits per heavy atom. The van der Waals surface area contributed by atoms with Crippen LogP contribution in [-0.2, 0) is 9.59 Å². The standard InChI is InChI=1S/C21H25N3O4/c1-15-7-5-11-22-20(15)23-21(26)16-8-6-12-24(13-16)19(25)14-28-18-10-4-3-9-17(18)27-2/h3-5,7,9-11,16H,6,8,12-14H2,1-2H3,(H,22,23,26). The van der Waals surface area contributed by atoms with Crippen LogP contribution in [0.4, 0.5) is 5.82 Å². The van der Waals surface area contributed by atoms with Crippen molar-refractivity contribution < 1.29 is 19.1 Å². The molecule has 0 aliphatic carbocycles. The maximum absolute atomic E-state index is 12.6. The molecular formula is C21H25N3O4. The van der Waals surface area contributed by atoms with Gasteiger partial charge in [-0.05, 0) is 43.5 Å². The zero-order valence-electron chi connectivity index (χ0n) is 16.2. The molecule has 1 fully saturated rings. The highest BCUT2D eigenvalue weighted by Gasteiger charge is 2.29. The Labute approximate surface area is 164 Å². The molecule has 7 nitrogen and oxygen atoms in total. The second kappa shape index (κ2) is 9.21. The molecule has 1 N–H and O–H groups in total. The summed E-state index contributed by atoms with van der Waals surface area (Å²) in [5, 5.41) is 2.88. The van der Waals surface area contributed by atoms with Gasteiger partial charge in [0.15, 0.2) is 18.1 Å². The summed E-state index contributed by atoms with van der Waals surface area (Å²) in [6.07, 6.45) is 3.17. The van der Waals surface area contributed by atoms with Gasteiger partial charge in [0.25, 0.3) is 5.91 Å². The third kappa shape index (κ3) is 4.79. The highest BCUT2D eigenvalue weighted by Crippen LogP contribution is 2.26. The van der Waals surface area contributed by atoms with E-state index in [0.717, 1.165) is 18.4 Å². The zero-order valence-corrected chi connectivity index (χ0v) is 16.2. The molecule has 0 saturated carbocycles. The summed E-state index contributed by atoms with van der Waals surface area (Å²) in [7, 11) is 1.56. The summed E-state index contributed by atoms with van der Waals surface area (Å²) in [6.45, 7) is 2.81. The number of piperidine rings is 1. The summed E-state index contributed by atoms with van der Waals surface area (Å²) in [5.74, 6) is 1.16. The second-order valence-electron chi connectivity index (χ2n) is 6.78. The number of methoxy groups -OCH3 is 1. The van der Waals surface area contributed by atoms with E-state index in [1.807, 2.05) is 31.2 Å². The van der Waals surface area contributed by atoms with Crippen LogP contribution in [0.5, 0.6) is 11.5 Å². The van der Waals surface area contributed by atoms with Crippen molar-refractivity contribution in [2.24, 2.45) is 5.92 Å². The molecule has 1 unspecified atom stereocenters. The first-order valence-electron chi connectivity index (χ1n) is 9.34. The fourth-order valence-corrected chi connectivity index (χ4v) is 3.22. The van der Waals surface area contributed by atoms with Crippen molar-refractivity contribution in [1.82, 2.24) is 9.88 Å². The molecule has 2 amide bonds. The minimum Gasteiger partial charge on any atom is -0.493 e. The molecule has 0 radical (unpaired) electrons. The van der Waals surface area contributed by atoms with Gasteiger partial charge in [0.05, 0.1) is 13.0 Å². The third-order valence-electron chi connectivity index (χ3n) is 4.82. The summed E-state index contributed by atoms with van der Waals surface area (Å²) in [5.41, 5.74) is 0.907. The number of ether oxygens (including phenoxy) is 2. The lowest BCUT2D eigenvalue weighted by molar-refractivity contribution is -0.136. The average Bonchev–Trinajstić information content (AvgIpc) is 2.74. The van der Waals surface area contributed by atoms with Crippen molar-refractivity contribution in [2.45, 2.75) is 19.8 Å². The molecule has 1 saturated heterocycles. The van der Waals surface area contributed by atoms with E-state index in [0.29, 0.717) is 30.4 Å². The van der Waals surface area contributed by atoms with Crippen LogP contribution in [0.15, 0.2) is 42.6 Å². The van der Waals surface area contributed by atoms with E-state index in [9.17, 15) is 9.59 Å². The third-order valence-corrected chi connectivity index (χ3v) is 4.82. The first-order valence-corrected chi connectivity index (χ1v) is 9.34. The van der Waals surface area contributed by atoms with Gasteiger partial charge in [-0.3, -0.25) is 9.59 Å². The van der Waals surface area contributed by atoms with Gasteiger partial charge in [-0.25, -0.2) is 4.98 Å². The molecule has 28 heavy (non-hydrogen) atoms. The van der Waals surface area contributed by atoms with E-state index in [1.54, 1.807) is 30.3 Å². The van der Waals surface area contributed by atoms with Crippen molar-refractivity contribution in [3.63, 3.8) is 0 Å². The van der Waals surface area contributed by atoms with Crippen LogP contribution in [-0.4, -0.2) is 48.5 Å². The molecule has 1 aliphatic heterocycles. The van der Waals surface area contributed by atoms with Crippen molar-refractivity contribution in [3.8, 4) is 11.5 Å². The van der Waals surface area contributed by atoms with Crippen LogP contribution in [0.2, 0.25) is 0 Å². The summed E-state index contributed by atoms with van der Waals surface area (Å²) < 4.78 is 10.9. The Kier molecular flexibility index (Phi) is 6.47. The predicted molar refractivity (Wildman–Crippen MR) is 105 cm³/mol. The highest BCUT2D eigenvalue weighted by atomic mass is 16.5. The molecule has 0 bridgehead atoms. The van der Waals surface area contributed by atoms with Crippen LogP contribution < -0.4 is 14.8 Å². The van der Waals surface area contributed by atoms with E-state index in [2.05, 4.69) is 10.3 Å². The molecule has 148 valence electrons. The number of carbonyl (C=O) groups is 2. The number of likely N-dealkylation sites (tertiary alicyclic amines) is 1. The molecule has 2 aromatic rings. The van der Waals surface area contributed by atoms with Crippen molar-refractivity contribution >= 4 is 17.6 Å². The van der Waals surface area contributed by atoms with Crippen LogP contribution in [0.3, 0.4) is 0 Å². The van der Waals surface area contributed by atoms with Crippen molar-refractivity contribution in [1.29, 1.82) is 0 Å². The monoisotopic (exact) mass is 383 g/mol. The number of nitrogens with zero attached hydrogens (tertiary/aromatic N) is 2. The molecule has 2 heterocycles. The van der Waals surface area contributed by atoms with Gasteiger partial charge in [-0.1, -0.05) is 18.2 Å². The Bertz CT molecular complexity index is 840. The molecule has 3 rings (SSSR count). The lowest BCUT2D eigenvalue weighted by Crippen LogP contribution is -2.45. The van der Waals surface area contributed by atoms with Gasteiger partial charge >= 0.3 is 0 Å². The molecule has 1 aliphatic rings. The topological polar surface area (TPSA) is 80.8 Å². The van der Waals surface area contributed by atoms with Crippen LogP contribution in [0.25, 0.3) is 0 Å². The maximum Gasteiger partial charge on any atom is 0.260 e. The summed E-state index contributed by atoms with van der Waals surface area (Å²) in [6, 6.07) is 10.9. The molecule has 7 heteroatoms. The number of pyridine rings is 1. The molecule has 0 spiro atoms. The minimum absolute atomic E-state index is 0.0892. The Balaban J connectivity index is 1.56. The SMILES string of the molecule is COc1ccccc1OCC(=O)N1CCCC(C(=O)Nc2ncccc2C)C1. The second-order valence-corrected chi connectivity index (χ2v) is 6.78.